The maximum atomic E-state index is 12.2. The van der Waals surface area contributed by atoms with Crippen molar-refractivity contribution in [2.24, 2.45) is 5.73 Å². The van der Waals surface area contributed by atoms with Gasteiger partial charge in [0.05, 0.1) is 12.7 Å². The quantitative estimate of drug-likeness (QED) is 0.781. The zero-order chi connectivity index (χ0) is 18.4. The molecule has 0 aromatic heterocycles. The molecule has 2 aromatic carbocycles. The van der Waals surface area contributed by atoms with E-state index < -0.39 is 18.0 Å². The minimum absolute atomic E-state index is 0.355. The van der Waals surface area contributed by atoms with E-state index in [0.29, 0.717) is 22.6 Å². The maximum Gasteiger partial charge on any atom is 0.337 e. The Bertz CT molecular complexity index is 769. The molecule has 2 amide bonds. The minimum atomic E-state index is -0.764. The molecular weight excluding hydrogens is 324 g/mol. The Balaban J connectivity index is 1.95. The summed E-state index contributed by atoms with van der Waals surface area (Å²) in [5.74, 6) is -0.898. The van der Waals surface area contributed by atoms with Gasteiger partial charge >= 0.3 is 5.97 Å². The number of hydrogen-bond acceptors (Lipinski definition) is 5. The molecule has 0 aliphatic rings. The van der Waals surface area contributed by atoms with E-state index in [0.717, 1.165) is 0 Å². The topological polar surface area (TPSA) is 108 Å². The number of benzene rings is 2. The van der Waals surface area contributed by atoms with Gasteiger partial charge in [-0.05, 0) is 55.5 Å². The largest absolute Gasteiger partial charge is 0.481 e. The van der Waals surface area contributed by atoms with Crippen molar-refractivity contribution in [3.63, 3.8) is 0 Å². The van der Waals surface area contributed by atoms with Crippen LogP contribution in [0.15, 0.2) is 48.5 Å². The van der Waals surface area contributed by atoms with Crippen molar-refractivity contribution in [1.29, 1.82) is 0 Å². The summed E-state index contributed by atoms with van der Waals surface area (Å²) in [6.07, 6.45) is -0.764. The molecule has 7 heteroatoms. The van der Waals surface area contributed by atoms with Gasteiger partial charge in [-0.3, -0.25) is 9.59 Å². The average Bonchev–Trinajstić information content (AvgIpc) is 2.62. The highest BCUT2D eigenvalue weighted by Gasteiger charge is 2.15. The minimum Gasteiger partial charge on any atom is -0.481 e. The lowest BCUT2D eigenvalue weighted by Crippen LogP contribution is -2.30. The zero-order valence-electron chi connectivity index (χ0n) is 13.8. The van der Waals surface area contributed by atoms with Crippen molar-refractivity contribution < 1.29 is 23.9 Å². The monoisotopic (exact) mass is 342 g/mol. The zero-order valence-corrected chi connectivity index (χ0v) is 13.8. The van der Waals surface area contributed by atoms with Crippen molar-refractivity contribution in [2.75, 3.05) is 12.4 Å². The number of primary amides is 1. The molecule has 7 nitrogen and oxygen atoms in total. The molecule has 1 atom stereocenters. The van der Waals surface area contributed by atoms with E-state index >= 15 is 0 Å². The van der Waals surface area contributed by atoms with Gasteiger partial charge in [0, 0.05) is 11.3 Å². The number of carbonyl (C=O) groups is 3. The van der Waals surface area contributed by atoms with Crippen LogP contribution in [-0.4, -0.2) is 31.0 Å². The van der Waals surface area contributed by atoms with E-state index in [1.165, 1.54) is 19.2 Å². The Hall–Kier alpha value is -3.35. The number of ether oxygens (including phenoxy) is 2. The fourth-order valence-corrected chi connectivity index (χ4v) is 2.01. The summed E-state index contributed by atoms with van der Waals surface area (Å²) in [4.78, 5) is 34.5. The first kappa shape index (κ1) is 18.0. The Morgan fingerprint density at radius 1 is 0.960 bits per heavy atom. The van der Waals surface area contributed by atoms with E-state index in [1.807, 2.05) is 0 Å². The molecule has 0 aliphatic carbocycles. The van der Waals surface area contributed by atoms with Crippen LogP contribution in [0, 0.1) is 0 Å². The van der Waals surface area contributed by atoms with Crippen LogP contribution in [0.25, 0.3) is 0 Å². The van der Waals surface area contributed by atoms with Gasteiger partial charge in [-0.2, -0.15) is 0 Å². The van der Waals surface area contributed by atoms with Crippen molar-refractivity contribution >= 4 is 23.5 Å². The lowest BCUT2D eigenvalue weighted by molar-refractivity contribution is -0.122. The molecule has 3 N–H and O–H groups in total. The van der Waals surface area contributed by atoms with Crippen LogP contribution in [0.4, 0.5) is 5.69 Å². The smallest absolute Gasteiger partial charge is 0.337 e. The average molecular weight is 342 g/mol. The number of hydrogen-bond donors (Lipinski definition) is 2. The van der Waals surface area contributed by atoms with Crippen molar-refractivity contribution in [1.82, 2.24) is 0 Å². The molecule has 130 valence electrons. The van der Waals surface area contributed by atoms with E-state index in [2.05, 4.69) is 10.1 Å². The molecule has 0 aliphatic heterocycles. The molecule has 0 unspecified atom stereocenters. The summed E-state index contributed by atoms with van der Waals surface area (Å²) in [6.45, 7) is 1.60. The van der Waals surface area contributed by atoms with Gasteiger partial charge in [0.25, 0.3) is 5.91 Å². The molecule has 0 saturated carbocycles. The number of amides is 2. The number of methoxy groups -OCH3 is 1. The van der Waals surface area contributed by atoms with Gasteiger partial charge in [0.2, 0.25) is 5.91 Å². The molecule has 0 fully saturated rings. The first-order chi connectivity index (χ1) is 11.9. The van der Waals surface area contributed by atoms with E-state index in [1.54, 1.807) is 43.3 Å². The van der Waals surface area contributed by atoms with Crippen LogP contribution in [-0.2, 0) is 9.53 Å². The third kappa shape index (κ3) is 4.81. The lowest BCUT2D eigenvalue weighted by Gasteiger charge is -2.15. The standard InChI is InChI=1S/C18H18N2O5/c1-11(25-15-9-5-13(6-10-15)18(23)24-2)17(22)20-14-7-3-12(4-8-14)16(19)21/h3-11H,1-2H3,(H2,19,21)(H,20,22)/t11-/m1/s1. The van der Waals surface area contributed by atoms with Crippen LogP contribution in [0.2, 0.25) is 0 Å². The molecule has 2 rings (SSSR count). The number of nitrogens with two attached hydrogens (primary N) is 1. The first-order valence-corrected chi connectivity index (χ1v) is 7.46. The van der Waals surface area contributed by atoms with Crippen molar-refractivity contribution in [3.05, 3.63) is 59.7 Å². The van der Waals surface area contributed by atoms with E-state index in [-0.39, 0.29) is 5.91 Å². The Labute approximate surface area is 144 Å². The fourth-order valence-electron chi connectivity index (χ4n) is 2.01. The second-order valence-electron chi connectivity index (χ2n) is 5.21. The van der Waals surface area contributed by atoms with Crippen molar-refractivity contribution in [2.45, 2.75) is 13.0 Å². The summed E-state index contributed by atoms with van der Waals surface area (Å²) in [7, 11) is 1.30. The number of nitrogens with one attached hydrogen (secondary N) is 1. The van der Waals surface area contributed by atoms with Crippen LogP contribution in [0.5, 0.6) is 5.75 Å². The van der Waals surface area contributed by atoms with Crippen molar-refractivity contribution in [3.8, 4) is 5.75 Å². The second kappa shape index (κ2) is 7.96. The lowest BCUT2D eigenvalue weighted by atomic mass is 10.2. The van der Waals surface area contributed by atoms with Gasteiger partial charge in [-0.25, -0.2) is 4.79 Å². The highest BCUT2D eigenvalue weighted by Crippen LogP contribution is 2.16. The highest BCUT2D eigenvalue weighted by atomic mass is 16.5. The summed E-state index contributed by atoms with van der Waals surface area (Å²) in [5, 5.41) is 2.68. The predicted octanol–water partition coefficient (Wildman–Crippen LogP) is 1.98. The molecule has 0 radical (unpaired) electrons. The molecule has 0 spiro atoms. The van der Waals surface area contributed by atoms with E-state index in [9.17, 15) is 14.4 Å². The van der Waals surface area contributed by atoms with Gasteiger partial charge in [-0.1, -0.05) is 0 Å². The Morgan fingerprint density at radius 2 is 1.52 bits per heavy atom. The van der Waals surface area contributed by atoms with Crippen LogP contribution in [0.1, 0.15) is 27.6 Å². The summed E-state index contributed by atoms with van der Waals surface area (Å²) in [6, 6.07) is 12.5. The van der Waals surface area contributed by atoms with Crippen LogP contribution in [0.3, 0.4) is 0 Å². The van der Waals surface area contributed by atoms with Gasteiger partial charge < -0.3 is 20.5 Å². The molecule has 0 bridgehead atoms. The Kier molecular flexibility index (Phi) is 5.73. The van der Waals surface area contributed by atoms with Gasteiger partial charge in [0.1, 0.15) is 5.75 Å². The summed E-state index contributed by atoms with van der Waals surface area (Å²) in [5.41, 5.74) is 6.43. The fraction of sp³-hybridized carbons (Fsp3) is 0.167. The van der Waals surface area contributed by atoms with Crippen LogP contribution >= 0.6 is 0 Å². The third-order valence-corrected chi connectivity index (χ3v) is 3.39. The normalized spacial score (nSPS) is 11.3. The summed E-state index contributed by atoms with van der Waals surface area (Å²) >= 11 is 0. The highest BCUT2D eigenvalue weighted by molar-refractivity contribution is 5.96. The number of anilines is 1. The maximum absolute atomic E-state index is 12.2. The SMILES string of the molecule is COC(=O)c1ccc(O[C@H](C)C(=O)Nc2ccc(C(N)=O)cc2)cc1. The molecule has 0 saturated heterocycles. The number of esters is 1. The van der Waals surface area contributed by atoms with Gasteiger partial charge in [0.15, 0.2) is 6.10 Å². The summed E-state index contributed by atoms with van der Waals surface area (Å²) < 4.78 is 10.2. The third-order valence-electron chi connectivity index (χ3n) is 3.39. The van der Waals surface area contributed by atoms with Crippen LogP contribution < -0.4 is 15.8 Å². The molecular formula is C18H18N2O5. The molecule has 25 heavy (non-hydrogen) atoms. The Morgan fingerprint density at radius 3 is 2.04 bits per heavy atom. The number of carbonyl (C=O) groups excluding carboxylic acids is 3. The predicted molar refractivity (Wildman–Crippen MR) is 91.5 cm³/mol. The second-order valence-corrected chi connectivity index (χ2v) is 5.21. The molecule has 2 aromatic rings. The first-order valence-electron chi connectivity index (χ1n) is 7.46. The molecule has 0 heterocycles. The number of rotatable bonds is 6. The van der Waals surface area contributed by atoms with Gasteiger partial charge in [-0.15, -0.1) is 0 Å². The van der Waals surface area contributed by atoms with E-state index in [4.69, 9.17) is 10.5 Å².